The first kappa shape index (κ1) is 18.4. The number of hydrogen-bond donors (Lipinski definition) is 0. The summed E-state index contributed by atoms with van der Waals surface area (Å²) in [7, 11) is 0. The lowest BCUT2D eigenvalue weighted by Gasteiger charge is -2.20. The van der Waals surface area contributed by atoms with Crippen molar-refractivity contribution in [2.24, 2.45) is 0 Å². The summed E-state index contributed by atoms with van der Waals surface area (Å²) in [5.41, 5.74) is 2.14. The third kappa shape index (κ3) is 4.06. The summed E-state index contributed by atoms with van der Waals surface area (Å²) in [6.45, 7) is 3.62. The Balaban J connectivity index is 1.73. The second-order valence-corrected chi connectivity index (χ2v) is 5.88. The average molecular weight is 364 g/mol. The molecule has 0 aliphatic rings. The molecular formula is C21H20N2O4. The molecule has 1 aromatic heterocycles. The van der Waals surface area contributed by atoms with E-state index < -0.39 is 5.97 Å². The van der Waals surface area contributed by atoms with Gasteiger partial charge in [-0.15, -0.1) is 0 Å². The molecule has 6 heteroatoms. The molecule has 0 unspecified atom stereocenters. The summed E-state index contributed by atoms with van der Waals surface area (Å²) >= 11 is 0. The molecule has 27 heavy (non-hydrogen) atoms. The zero-order chi connectivity index (χ0) is 19.2. The van der Waals surface area contributed by atoms with Crippen LogP contribution in [0.25, 0.3) is 11.3 Å². The number of aryl methyl sites for hydroxylation is 1. The molecule has 0 radical (unpaired) electrons. The highest BCUT2D eigenvalue weighted by molar-refractivity contribution is 6.00. The summed E-state index contributed by atoms with van der Waals surface area (Å²) in [4.78, 5) is 26.6. The molecule has 0 bridgehead atoms. The van der Waals surface area contributed by atoms with E-state index in [1.807, 2.05) is 67.6 Å². The van der Waals surface area contributed by atoms with Crippen LogP contribution in [0.2, 0.25) is 0 Å². The Bertz CT molecular complexity index is 920. The maximum Gasteiger partial charge on any atom is 0.344 e. The normalized spacial score (nSPS) is 10.4. The number of ether oxygens (including phenoxy) is 1. The van der Waals surface area contributed by atoms with Gasteiger partial charge in [0.2, 0.25) is 0 Å². The number of hydrogen-bond acceptors (Lipinski definition) is 5. The van der Waals surface area contributed by atoms with E-state index in [2.05, 4.69) is 5.16 Å². The molecule has 138 valence electrons. The van der Waals surface area contributed by atoms with Gasteiger partial charge in [-0.1, -0.05) is 53.7 Å². The molecule has 2 aromatic carbocycles. The van der Waals surface area contributed by atoms with Gasteiger partial charge in [0.05, 0.1) is 0 Å². The fraction of sp³-hybridized carbons (Fsp3) is 0.190. The Kier molecular flexibility index (Phi) is 5.66. The largest absolute Gasteiger partial charge is 0.452 e. The molecule has 0 spiro atoms. The van der Waals surface area contributed by atoms with Crippen molar-refractivity contribution in [1.82, 2.24) is 5.16 Å². The summed E-state index contributed by atoms with van der Waals surface area (Å²) < 4.78 is 10.4. The molecule has 0 aliphatic heterocycles. The van der Waals surface area contributed by atoms with E-state index in [0.717, 1.165) is 11.3 Å². The smallest absolute Gasteiger partial charge is 0.344 e. The van der Waals surface area contributed by atoms with Gasteiger partial charge in [-0.05, 0) is 26.0 Å². The first-order valence-electron chi connectivity index (χ1n) is 8.66. The number of carbonyl (C=O) groups is 2. The summed E-state index contributed by atoms with van der Waals surface area (Å²) in [6.07, 6.45) is 0. The Morgan fingerprint density at radius 2 is 1.67 bits per heavy atom. The number of rotatable bonds is 6. The van der Waals surface area contributed by atoms with Crippen LogP contribution in [0.3, 0.4) is 0 Å². The van der Waals surface area contributed by atoms with Crippen LogP contribution in [0.15, 0.2) is 65.2 Å². The van der Waals surface area contributed by atoms with Crippen molar-refractivity contribution >= 4 is 17.6 Å². The summed E-state index contributed by atoms with van der Waals surface area (Å²) in [6, 6.07) is 18.5. The number of likely N-dealkylation sites (N-methyl/N-ethyl adjacent to an activating group) is 1. The zero-order valence-electron chi connectivity index (χ0n) is 15.2. The number of esters is 1. The number of benzene rings is 2. The zero-order valence-corrected chi connectivity index (χ0v) is 15.2. The van der Waals surface area contributed by atoms with Crippen LogP contribution < -0.4 is 4.90 Å². The Hall–Kier alpha value is -3.41. The lowest BCUT2D eigenvalue weighted by Crippen LogP contribution is -2.34. The van der Waals surface area contributed by atoms with Gasteiger partial charge < -0.3 is 14.2 Å². The molecule has 0 aliphatic carbocycles. The summed E-state index contributed by atoms with van der Waals surface area (Å²) in [5.74, 6) is -0.584. The van der Waals surface area contributed by atoms with Gasteiger partial charge in [-0.25, -0.2) is 4.79 Å². The number of carbonyl (C=O) groups excluding carboxylic acids is 2. The van der Waals surface area contributed by atoms with E-state index in [1.54, 1.807) is 11.8 Å². The van der Waals surface area contributed by atoms with Crippen molar-refractivity contribution < 1.29 is 18.8 Å². The summed E-state index contributed by atoms with van der Waals surface area (Å²) in [5, 5.41) is 3.96. The predicted molar refractivity (Wildman–Crippen MR) is 101 cm³/mol. The van der Waals surface area contributed by atoms with Crippen molar-refractivity contribution in [3.63, 3.8) is 0 Å². The average Bonchev–Trinajstić information content (AvgIpc) is 3.10. The highest BCUT2D eigenvalue weighted by atomic mass is 16.5. The minimum Gasteiger partial charge on any atom is -0.452 e. The number of nitrogens with zero attached hydrogens (tertiary/aromatic N) is 2. The van der Waals surface area contributed by atoms with Crippen LogP contribution >= 0.6 is 0 Å². The molecule has 1 heterocycles. The molecule has 0 N–H and O–H groups in total. The van der Waals surface area contributed by atoms with E-state index in [1.165, 1.54) is 0 Å². The lowest BCUT2D eigenvalue weighted by molar-refractivity contribution is -0.121. The molecule has 1 amide bonds. The number of amides is 1. The third-order valence-corrected chi connectivity index (χ3v) is 4.13. The van der Waals surface area contributed by atoms with Gasteiger partial charge in [0, 0.05) is 17.8 Å². The topological polar surface area (TPSA) is 72.6 Å². The fourth-order valence-electron chi connectivity index (χ4n) is 2.79. The van der Waals surface area contributed by atoms with Gasteiger partial charge in [0.25, 0.3) is 5.91 Å². The Morgan fingerprint density at radius 1 is 1.04 bits per heavy atom. The second-order valence-electron chi connectivity index (χ2n) is 5.88. The van der Waals surface area contributed by atoms with Crippen molar-refractivity contribution in [2.45, 2.75) is 13.8 Å². The first-order valence-corrected chi connectivity index (χ1v) is 8.66. The van der Waals surface area contributed by atoms with Gasteiger partial charge in [0.15, 0.2) is 6.61 Å². The van der Waals surface area contributed by atoms with Crippen LogP contribution in [-0.2, 0) is 9.53 Å². The monoisotopic (exact) mass is 364 g/mol. The predicted octanol–water partition coefficient (Wildman–Crippen LogP) is 3.86. The van der Waals surface area contributed by atoms with Crippen molar-refractivity contribution in [1.29, 1.82) is 0 Å². The van der Waals surface area contributed by atoms with Crippen molar-refractivity contribution in [2.75, 3.05) is 18.1 Å². The van der Waals surface area contributed by atoms with E-state index >= 15 is 0 Å². The number of anilines is 1. The van der Waals surface area contributed by atoms with Gasteiger partial charge in [-0.2, -0.15) is 0 Å². The van der Waals surface area contributed by atoms with Crippen LogP contribution in [0.5, 0.6) is 0 Å². The highest BCUT2D eigenvalue weighted by Gasteiger charge is 2.24. The standard InChI is InChI=1S/C21H20N2O4/c1-3-23(17-12-8-5-9-13-17)18(24)14-26-21(25)19-15(2)27-22-20(19)16-10-6-4-7-11-16/h4-13H,3,14H2,1-2H3. The van der Waals surface area contributed by atoms with Crippen LogP contribution in [-0.4, -0.2) is 30.2 Å². The van der Waals surface area contributed by atoms with E-state index in [9.17, 15) is 9.59 Å². The van der Waals surface area contributed by atoms with E-state index in [4.69, 9.17) is 9.26 Å². The second kappa shape index (κ2) is 8.31. The molecule has 3 aromatic rings. The molecule has 3 rings (SSSR count). The van der Waals surface area contributed by atoms with Crippen LogP contribution in [0.4, 0.5) is 5.69 Å². The quantitative estimate of drug-likeness (QED) is 0.621. The molecule has 6 nitrogen and oxygen atoms in total. The molecule has 0 saturated carbocycles. The van der Waals surface area contributed by atoms with E-state index in [0.29, 0.717) is 18.0 Å². The lowest BCUT2D eigenvalue weighted by atomic mass is 10.1. The minimum atomic E-state index is -0.634. The fourth-order valence-corrected chi connectivity index (χ4v) is 2.79. The maximum absolute atomic E-state index is 12.6. The van der Waals surface area contributed by atoms with Crippen molar-refractivity contribution in [3.05, 3.63) is 72.0 Å². The maximum atomic E-state index is 12.6. The van der Waals surface area contributed by atoms with Gasteiger partial charge >= 0.3 is 5.97 Å². The first-order chi connectivity index (χ1) is 13.1. The Labute approximate surface area is 157 Å². The van der Waals surface area contributed by atoms with Gasteiger partial charge in [0.1, 0.15) is 17.0 Å². The SMILES string of the molecule is CCN(C(=O)COC(=O)c1c(-c2ccccc2)noc1C)c1ccccc1. The minimum absolute atomic E-state index is 0.233. The van der Waals surface area contributed by atoms with Crippen molar-refractivity contribution in [3.8, 4) is 11.3 Å². The molecule has 0 saturated heterocycles. The molecule has 0 atom stereocenters. The molecular weight excluding hydrogens is 344 g/mol. The molecule has 0 fully saturated rings. The van der Waals surface area contributed by atoms with Gasteiger partial charge in [-0.3, -0.25) is 4.79 Å². The van der Waals surface area contributed by atoms with Crippen LogP contribution in [0, 0.1) is 6.92 Å². The Morgan fingerprint density at radius 3 is 2.30 bits per heavy atom. The highest BCUT2D eigenvalue weighted by Crippen LogP contribution is 2.25. The third-order valence-electron chi connectivity index (χ3n) is 4.13. The van der Waals surface area contributed by atoms with E-state index in [-0.39, 0.29) is 18.1 Å². The number of aromatic nitrogens is 1. The van der Waals surface area contributed by atoms with Crippen LogP contribution in [0.1, 0.15) is 23.0 Å². The number of para-hydroxylation sites is 1.